The van der Waals surface area contributed by atoms with Crippen LogP contribution in [0.1, 0.15) is 77.0 Å². The van der Waals surface area contributed by atoms with Crippen molar-refractivity contribution in [3.05, 3.63) is 71.0 Å². The first-order valence-corrected chi connectivity index (χ1v) is 14.3. The van der Waals surface area contributed by atoms with Crippen molar-refractivity contribution in [3.8, 4) is 11.4 Å². The zero-order valence-corrected chi connectivity index (χ0v) is 22.8. The van der Waals surface area contributed by atoms with Crippen molar-refractivity contribution >= 4 is 23.5 Å². The van der Waals surface area contributed by atoms with Gasteiger partial charge in [0.2, 0.25) is 5.91 Å². The number of nitrogens with zero attached hydrogens (tertiary/aromatic N) is 1. The van der Waals surface area contributed by atoms with E-state index in [-0.39, 0.29) is 12.1 Å². The van der Waals surface area contributed by atoms with Crippen LogP contribution in [0, 0.1) is 30.1 Å². The van der Waals surface area contributed by atoms with E-state index in [1.807, 2.05) is 31.2 Å². The quantitative estimate of drug-likeness (QED) is 0.281. The monoisotopic (exact) mass is 540 g/mol. The Bertz CT molecular complexity index is 1420. The molecular weight excluding hydrogens is 504 g/mol. The Morgan fingerprint density at radius 1 is 1.00 bits per heavy atom. The summed E-state index contributed by atoms with van der Waals surface area (Å²) in [6.45, 7) is 1.77. The molecule has 1 aromatic heterocycles. The third-order valence-corrected chi connectivity index (χ3v) is 9.27. The van der Waals surface area contributed by atoms with E-state index in [0.717, 1.165) is 47.4 Å². The second kappa shape index (κ2) is 10.6. The molecule has 4 N–H and O–H groups in total. The van der Waals surface area contributed by atoms with Gasteiger partial charge in [0.15, 0.2) is 0 Å². The van der Waals surface area contributed by atoms with E-state index in [9.17, 15) is 19.5 Å². The van der Waals surface area contributed by atoms with Gasteiger partial charge in [-0.25, -0.2) is 9.78 Å². The number of carbonyl (C=O) groups excluding carboxylic acids is 2. The second-order valence-electron chi connectivity index (χ2n) is 12.3. The number of aryl methyl sites for hydroxylation is 2. The number of imidazole rings is 1. The van der Waals surface area contributed by atoms with Crippen LogP contribution >= 0.6 is 0 Å². The first kappa shape index (κ1) is 26.3. The molecule has 1 heterocycles. The molecule has 4 aliphatic rings. The molecule has 3 aromatic rings. The first-order valence-electron chi connectivity index (χ1n) is 14.3. The molecule has 40 heavy (non-hydrogen) atoms. The Kier molecular flexibility index (Phi) is 6.94. The van der Waals surface area contributed by atoms with Gasteiger partial charge in [0.1, 0.15) is 11.5 Å². The highest BCUT2D eigenvalue weighted by Crippen LogP contribution is 2.61. The first-order chi connectivity index (χ1) is 19.3. The van der Waals surface area contributed by atoms with Crippen molar-refractivity contribution in [2.45, 2.75) is 58.3 Å². The number of carbonyl (C=O) groups is 3. The van der Waals surface area contributed by atoms with Crippen molar-refractivity contribution in [1.82, 2.24) is 15.3 Å². The maximum absolute atomic E-state index is 13.4. The summed E-state index contributed by atoms with van der Waals surface area (Å²) >= 11 is 0. The topological polar surface area (TPSA) is 124 Å². The van der Waals surface area contributed by atoms with Gasteiger partial charge in [-0.15, -0.1) is 0 Å². The second-order valence-corrected chi connectivity index (χ2v) is 12.3. The molecular formula is C32H36N4O4. The molecule has 2 amide bonds. The van der Waals surface area contributed by atoms with Crippen LogP contribution in [0.15, 0.2) is 48.5 Å². The van der Waals surface area contributed by atoms with Crippen LogP contribution < -0.4 is 10.6 Å². The van der Waals surface area contributed by atoms with Gasteiger partial charge in [0, 0.05) is 16.9 Å². The Morgan fingerprint density at radius 3 is 2.38 bits per heavy atom. The van der Waals surface area contributed by atoms with Crippen molar-refractivity contribution in [1.29, 1.82) is 0 Å². The smallest absolute Gasteiger partial charge is 0.335 e. The summed E-state index contributed by atoms with van der Waals surface area (Å²) in [5, 5.41) is 14.6. The van der Waals surface area contributed by atoms with Crippen molar-refractivity contribution in [2.24, 2.45) is 23.2 Å². The molecule has 0 aliphatic heterocycles. The number of H-pyrrole nitrogens is 1. The lowest BCUT2D eigenvalue weighted by atomic mass is 9.48. The largest absolute Gasteiger partial charge is 0.478 e. The Labute approximate surface area is 234 Å². The number of hydrogen-bond acceptors (Lipinski definition) is 4. The number of anilines is 1. The maximum Gasteiger partial charge on any atom is 0.335 e. The van der Waals surface area contributed by atoms with Crippen molar-refractivity contribution in [2.75, 3.05) is 11.9 Å². The van der Waals surface area contributed by atoms with E-state index in [1.165, 1.54) is 50.7 Å². The molecule has 4 fully saturated rings. The van der Waals surface area contributed by atoms with E-state index in [0.29, 0.717) is 22.6 Å². The van der Waals surface area contributed by atoms with Gasteiger partial charge in [0.25, 0.3) is 5.91 Å². The lowest BCUT2D eigenvalue weighted by molar-refractivity contribution is -0.115. The summed E-state index contributed by atoms with van der Waals surface area (Å²) in [7, 11) is 0. The summed E-state index contributed by atoms with van der Waals surface area (Å²) in [5.41, 5.74) is 3.99. The predicted molar refractivity (Wildman–Crippen MR) is 152 cm³/mol. The number of aromatic carboxylic acids is 1. The van der Waals surface area contributed by atoms with E-state index >= 15 is 0 Å². The standard InChI is InChI=1S/C32H36N4O4/c1-19-5-2-3-8-25(19)29-35-26(9-10-32-15-20-11-21(16-32)13-22(12-20)17-32)28(36-29)30(38)33-18-27(37)34-24-7-4-6-23(14-24)31(39)40/h2-8,14,20-22H,9-13,15-18H2,1H3,(H,33,38)(H,34,37)(H,35,36)(H,39,40). The molecule has 0 unspecified atom stereocenters. The van der Waals surface area contributed by atoms with Crippen LogP contribution in [0.2, 0.25) is 0 Å². The van der Waals surface area contributed by atoms with E-state index in [4.69, 9.17) is 4.98 Å². The molecule has 208 valence electrons. The molecule has 0 atom stereocenters. The van der Waals surface area contributed by atoms with Gasteiger partial charge in [-0.3, -0.25) is 9.59 Å². The highest BCUT2D eigenvalue weighted by Gasteiger charge is 2.50. The minimum atomic E-state index is -1.08. The van der Waals surface area contributed by atoms with Crippen LogP contribution in [-0.4, -0.2) is 39.4 Å². The Morgan fingerprint density at radius 2 is 1.70 bits per heavy atom. The van der Waals surface area contributed by atoms with Crippen molar-refractivity contribution in [3.63, 3.8) is 0 Å². The molecule has 7 rings (SSSR count). The van der Waals surface area contributed by atoms with Crippen LogP contribution in [-0.2, 0) is 11.2 Å². The Balaban J connectivity index is 1.17. The molecule has 4 bridgehead atoms. The van der Waals surface area contributed by atoms with Gasteiger partial charge < -0.3 is 20.7 Å². The van der Waals surface area contributed by atoms with Crippen LogP contribution in [0.4, 0.5) is 5.69 Å². The van der Waals surface area contributed by atoms with Gasteiger partial charge in [-0.1, -0.05) is 30.3 Å². The summed E-state index contributed by atoms with van der Waals surface area (Å²) in [6.07, 6.45) is 9.92. The molecule has 0 saturated heterocycles. The number of hydrogen-bond donors (Lipinski definition) is 4. The third-order valence-electron chi connectivity index (χ3n) is 9.27. The van der Waals surface area contributed by atoms with Gasteiger partial charge in [0.05, 0.1) is 12.1 Å². The normalized spacial score (nSPS) is 24.6. The predicted octanol–water partition coefficient (Wildman–Crippen LogP) is 5.60. The number of rotatable bonds is 9. The molecule has 0 spiro atoms. The van der Waals surface area contributed by atoms with Crippen LogP contribution in [0.5, 0.6) is 0 Å². The minimum absolute atomic E-state index is 0.0748. The summed E-state index contributed by atoms with van der Waals surface area (Å²) < 4.78 is 0. The lowest BCUT2D eigenvalue weighted by Gasteiger charge is -2.57. The Hall–Kier alpha value is -3.94. The highest BCUT2D eigenvalue weighted by atomic mass is 16.4. The van der Waals surface area contributed by atoms with Gasteiger partial charge in [-0.05, 0) is 105 Å². The number of carboxylic acids is 1. The fourth-order valence-electron chi connectivity index (χ4n) is 7.91. The van der Waals surface area contributed by atoms with Gasteiger partial charge >= 0.3 is 5.97 Å². The number of nitrogens with one attached hydrogen (secondary N) is 3. The summed E-state index contributed by atoms with van der Waals surface area (Å²) in [6, 6.07) is 14.0. The van der Waals surface area contributed by atoms with Crippen LogP contribution in [0.25, 0.3) is 11.4 Å². The molecule has 4 saturated carbocycles. The molecule has 8 heteroatoms. The van der Waals surface area contributed by atoms with Gasteiger partial charge in [-0.2, -0.15) is 0 Å². The van der Waals surface area contributed by atoms with Crippen LogP contribution in [0.3, 0.4) is 0 Å². The highest BCUT2D eigenvalue weighted by molar-refractivity contribution is 6.00. The summed E-state index contributed by atoms with van der Waals surface area (Å²) in [4.78, 5) is 45.4. The molecule has 0 radical (unpaired) electrons. The number of aromatic nitrogens is 2. The van der Waals surface area contributed by atoms with E-state index in [1.54, 1.807) is 12.1 Å². The average Bonchev–Trinajstić information content (AvgIpc) is 3.34. The lowest BCUT2D eigenvalue weighted by Crippen LogP contribution is -2.46. The SMILES string of the molecule is Cc1ccccc1-c1nc(C(=O)NCC(=O)Nc2cccc(C(=O)O)c2)c(CCC23CC4CC(CC(C4)C2)C3)[nH]1. The zero-order chi connectivity index (χ0) is 27.9. The number of carboxylic acid groups (broad SMARTS) is 1. The molecule has 8 nitrogen and oxygen atoms in total. The molecule has 4 aliphatic carbocycles. The molecule has 2 aromatic carbocycles. The fourth-order valence-corrected chi connectivity index (χ4v) is 7.91. The zero-order valence-electron chi connectivity index (χ0n) is 22.8. The number of benzene rings is 2. The average molecular weight is 541 g/mol. The summed E-state index contributed by atoms with van der Waals surface area (Å²) in [5.74, 6) is 1.35. The number of amides is 2. The fraction of sp³-hybridized carbons (Fsp3) is 0.438. The van der Waals surface area contributed by atoms with E-state index in [2.05, 4.69) is 15.6 Å². The van der Waals surface area contributed by atoms with Crippen molar-refractivity contribution < 1.29 is 19.5 Å². The third kappa shape index (κ3) is 5.40. The maximum atomic E-state index is 13.4. The number of aromatic amines is 1. The minimum Gasteiger partial charge on any atom is -0.478 e. The van der Waals surface area contributed by atoms with E-state index < -0.39 is 17.8 Å².